The van der Waals surface area contributed by atoms with Gasteiger partial charge in [-0.05, 0) is 91.3 Å². The number of methoxy groups -OCH3 is 1. The lowest BCUT2D eigenvalue weighted by Crippen LogP contribution is -2.36. The fourth-order valence-corrected chi connectivity index (χ4v) is 4.25. The molecule has 0 aliphatic carbocycles. The van der Waals surface area contributed by atoms with Crippen molar-refractivity contribution in [3.63, 3.8) is 0 Å². The monoisotopic (exact) mass is 461 g/mol. The standard InChI is InChI=1S/C25H23N3O4S/c1-16-6-7-18(13-17(16)2)26-23(29)15-28-24(30)22(33-25(28)31)14-20-5-4-12-27(20)19-8-10-21(32-3)11-9-19/h4-14H,15H2,1-3H3,(H,26,29)/b22-14-. The van der Waals surface area contributed by atoms with Crippen LogP contribution in [-0.2, 0) is 9.59 Å². The first-order valence-corrected chi connectivity index (χ1v) is 11.1. The van der Waals surface area contributed by atoms with E-state index in [1.54, 1.807) is 19.3 Å². The van der Waals surface area contributed by atoms with Gasteiger partial charge in [-0.2, -0.15) is 0 Å². The van der Waals surface area contributed by atoms with E-state index in [-0.39, 0.29) is 11.4 Å². The summed E-state index contributed by atoms with van der Waals surface area (Å²) in [5, 5.41) is 2.28. The molecule has 1 aliphatic rings. The molecule has 1 aliphatic heterocycles. The number of ether oxygens (including phenoxy) is 1. The minimum Gasteiger partial charge on any atom is -0.497 e. The summed E-state index contributed by atoms with van der Waals surface area (Å²) >= 11 is 0.828. The Morgan fingerprint density at radius 1 is 1.06 bits per heavy atom. The van der Waals surface area contributed by atoms with Gasteiger partial charge in [0.1, 0.15) is 12.3 Å². The number of amides is 3. The molecule has 0 bridgehead atoms. The molecule has 1 saturated heterocycles. The van der Waals surface area contributed by atoms with Crippen LogP contribution >= 0.6 is 11.8 Å². The van der Waals surface area contributed by atoms with Crippen molar-refractivity contribution in [1.29, 1.82) is 0 Å². The Morgan fingerprint density at radius 3 is 2.52 bits per heavy atom. The quantitative estimate of drug-likeness (QED) is 0.535. The van der Waals surface area contributed by atoms with Crippen molar-refractivity contribution in [3.8, 4) is 11.4 Å². The SMILES string of the molecule is COc1ccc(-n2cccc2/C=C2\SC(=O)N(CC(=O)Nc3ccc(C)c(C)c3)C2=O)cc1. The highest BCUT2D eigenvalue weighted by Crippen LogP contribution is 2.32. The molecular weight excluding hydrogens is 438 g/mol. The fraction of sp³-hybridized carbons (Fsp3) is 0.160. The number of nitrogens with one attached hydrogen (secondary N) is 1. The summed E-state index contributed by atoms with van der Waals surface area (Å²) < 4.78 is 7.10. The molecule has 2 aromatic carbocycles. The van der Waals surface area contributed by atoms with Crippen molar-refractivity contribution in [1.82, 2.24) is 9.47 Å². The van der Waals surface area contributed by atoms with Crippen molar-refractivity contribution in [2.24, 2.45) is 0 Å². The van der Waals surface area contributed by atoms with Gasteiger partial charge in [-0.3, -0.25) is 19.3 Å². The normalized spacial score (nSPS) is 14.8. The van der Waals surface area contributed by atoms with Crippen LogP contribution in [0.5, 0.6) is 5.75 Å². The summed E-state index contributed by atoms with van der Waals surface area (Å²) in [6.07, 6.45) is 3.53. The third-order valence-corrected chi connectivity index (χ3v) is 6.28. The first-order valence-electron chi connectivity index (χ1n) is 10.3. The third kappa shape index (κ3) is 4.85. The highest BCUT2D eigenvalue weighted by Gasteiger charge is 2.36. The van der Waals surface area contributed by atoms with Gasteiger partial charge in [0, 0.05) is 23.3 Å². The molecule has 2 heterocycles. The van der Waals surface area contributed by atoms with E-state index in [1.165, 1.54) is 0 Å². The van der Waals surface area contributed by atoms with Crippen molar-refractivity contribution < 1.29 is 19.1 Å². The number of carbonyl (C=O) groups excluding carboxylic acids is 3. The first kappa shape index (κ1) is 22.4. The average molecular weight is 462 g/mol. The molecule has 33 heavy (non-hydrogen) atoms. The van der Waals surface area contributed by atoms with E-state index in [1.807, 2.05) is 73.1 Å². The molecule has 0 spiro atoms. The molecule has 7 nitrogen and oxygen atoms in total. The predicted molar refractivity (Wildman–Crippen MR) is 130 cm³/mol. The van der Waals surface area contributed by atoms with Gasteiger partial charge in [0.25, 0.3) is 11.1 Å². The number of rotatable bonds is 6. The Balaban J connectivity index is 1.48. The van der Waals surface area contributed by atoms with Crippen LogP contribution in [0.15, 0.2) is 65.7 Å². The minimum absolute atomic E-state index is 0.271. The molecule has 3 aromatic rings. The summed E-state index contributed by atoms with van der Waals surface area (Å²) in [6, 6.07) is 16.8. The Hall–Kier alpha value is -3.78. The summed E-state index contributed by atoms with van der Waals surface area (Å²) in [5.74, 6) is -0.168. The maximum atomic E-state index is 12.9. The largest absolute Gasteiger partial charge is 0.497 e. The molecule has 0 saturated carbocycles. The van der Waals surface area contributed by atoms with Crippen LogP contribution in [0.2, 0.25) is 0 Å². The number of carbonyl (C=O) groups is 3. The zero-order valence-electron chi connectivity index (χ0n) is 18.5. The Bertz CT molecular complexity index is 1260. The van der Waals surface area contributed by atoms with Crippen LogP contribution in [-0.4, -0.2) is 40.2 Å². The zero-order chi connectivity index (χ0) is 23.5. The number of thioether (sulfide) groups is 1. The van der Waals surface area contributed by atoms with Gasteiger partial charge in [0.15, 0.2) is 0 Å². The Kier molecular flexibility index (Phi) is 6.37. The van der Waals surface area contributed by atoms with Gasteiger partial charge >= 0.3 is 0 Å². The smallest absolute Gasteiger partial charge is 0.294 e. The summed E-state index contributed by atoms with van der Waals surface area (Å²) in [4.78, 5) is 39.0. The molecule has 1 fully saturated rings. The van der Waals surface area contributed by atoms with Gasteiger partial charge in [-0.25, -0.2) is 0 Å². The van der Waals surface area contributed by atoms with E-state index in [2.05, 4.69) is 5.32 Å². The van der Waals surface area contributed by atoms with Gasteiger partial charge in [-0.15, -0.1) is 0 Å². The molecule has 1 aromatic heterocycles. The number of hydrogen-bond donors (Lipinski definition) is 1. The van der Waals surface area contributed by atoms with Gasteiger partial charge in [0.05, 0.1) is 12.0 Å². The van der Waals surface area contributed by atoms with E-state index >= 15 is 0 Å². The number of hydrogen-bond acceptors (Lipinski definition) is 5. The summed E-state index contributed by atoms with van der Waals surface area (Å²) in [5.41, 5.74) is 4.41. The number of imide groups is 1. The number of benzene rings is 2. The maximum absolute atomic E-state index is 12.9. The second-order valence-corrected chi connectivity index (χ2v) is 8.61. The molecule has 8 heteroatoms. The number of aromatic nitrogens is 1. The molecule has 0 unspecified atom stereocenters. The lowest BCUT2D eigenvalue weighted by Gasteiger charge is -2.13. The van der Waals surface area contributed by atoms with Crippen LogP contribution in [0, 0.1) is 13.8 Å². The molecule has 0 atom stereocenters. The molecule has 0 radical (unpaired) electrons. The van der Waals surface area contributed by atoms with Crippen molar-refractivity contribution in [2.45, 2.75) is 13.8 Å². The van der Waals surface area contributed by atoms with Crippen LogP contribution in [0.25, 0.3) is 11.8 Å². The van der Waals surface area contributed by atoms with Crippen molar-refractivity contribution in [2.75, 3.05) is 19.0 Å². The van der Waals surface area contributed by atoms with Gasteiger partial charge in [0.2, 0.25) is 5.91 Å². The average Bonchev–Trinajstić information content (AvgIpc) is 3.36. The highest BCUT2D eigenvalue weighted by molar-refractivity contribution is 8.18. The van der Waals surface area contributed by atoms with E-state index in [4.69, 9.17) is 4.74 Å². The number of aryl methyl sites for hydroxylation is 2. The lowest BCUT2D eigenvalue weighted by atomic mass is 10.1. The van der Waals surface area contributed by atoms with Crippen LogP contribution in [0.4, 0.5) is 10.5 Å². The highest BCUT2D eigenvalue weighted by atomic mass is 32.2. The second kappa shape index (κ2) is 9.38. The molecule has 3 amide bonds. The molecule has 168 valence electrons. The predicted octanol–water partition coefficient (Wildman–Crippen LogP) is 4.78. The van der Waals surface area contributed by atoms with Crippen LogP contribution < -0.4 is 10.1 Å². The number of nitrogens with zero attached hydrogens (tertiary/aromatic N) is 2. The summed E-state index contributed by atoms with van der Waals surface area (Å²) in [6.45, 7) is 3.60. The Morgan fingerprint density at radius 2 is 1.82 bits per heavy atom. The van der Waals surface area contributed by atoms with Crippen molar-refractivity contribution in [3.05, 3.63) is 82.5 Å². The summed E-state index contributed by atoms with van der Waals surface area (Å²) in [7, 11) is 1.61. The van der Waals surface area contributed by atoms with E-state index < -0.39 is 17.1 Å². The first-order chi connectivity index (χ1) is 15.9. The maximum Gasteiger partial charge on any atom is 0.294 e. The van der Waals surface area contributed by atoms with Crippen molar-refractivity contribution >= 4 is 40.6 Å². The molecule has 1 N–H and O–H groups in total. The van der Waals surface area contributed by atoms with Gasteiger partial charge in [-0.1, -0.05) is 6.07 Å². The Labute approximate surface area is 196 Å². The van der Waals surface area contributed by atoms with E-state index in [0.717, 1.165) is 44.9 Å². The second-order valence-electron chi connectivity index (χ2n) is 7.62. The molecular formula is C25H23N3O4S. The lowest BCUT2D eigenvalue weighted by molar-refractivity contribution is -0.127. The van der Waals surface area contributed by atoms with E-state index in [9.17, 15) is 14.4 Å². The van der Waals surface area contributed by atoms with E-state index in [0.29, 0.717) is 5.69 Å². The molecule has 4 rings (SSSR count). The fourth-order valence-electron chi connectivity index (χ4n) is 3.42. The number of anilines is 1. The minimum atomic E-state index is -0.484. The zero-order valence-corrected chi connectivity index (χ0v) is 19.3. The topological polar surface area (TPSA) is 80.6 Å². The third-order valence-electron chi connectivity index (χ3n) is 5.38. The van der Waals surface area contributed by atoms with Crippen LogP contribution in [0.3, 0.4) is 0 Å². The van der Waals surface area contributed by atoms with Gasteiger partial charge < -0.3 is 14.6 Å². The van der Waals surface area contributed by atoms with Crippen LogP contribution in [0.1, 0.15) is 16.8 Å².